The summed E-state index contributed by atoms with van der Waals surface area (Å²) in [5.74, 6) is -0.795. The highest BCUT2D eigenvalue weighted by Gasteiger charge is 2.20. The molecule has 1 heterocycles. The van der Waals surface area contributed by atoms with Gasteiger partial charge in [0.05, 0.1) is 6.61 Å². The third kappa shape index (κ3) is 2.91. The highest BCUT2D eigenvalue weighted by atomic mass is 32.2. The van der Waals surface area contributed by atoms with Crippen molar-refractivity contribution in [1.29, 1.82) is 0 Å². The number of halogens is 1. The average molecular weight is 285 g/mol. The number of aliphatic hydroxyl groups is 1. The van der Waals surface area contributed by atoms with Crippen LogP contribution in [-0.4, -0.2) is 23.3 Å². The van der Waals surface area contributed by atoms with Gasteiger partial charge in [0.25, 0.3) is 10.0 Å². The van der Waals surface area contributed by atoms with Crippen molar-refractivity contribution < 1.29 is 17.9 Å². The molecule has 0 amide bonds. The molecule has 0 atom stereocenters. The van der Waals surface area contributed by atoms with Gasteiger partial charge < -0.3 is 5.11 Å². The molecular formula is C11H12FN3O3S. The Morgan fingerprint density at radius 2 is 2.16 bits per heavy atom. The van der Waals surface area contributed by atoms with Crippen LogP contribution in [0.1, 0.15) is 5.56 Å². The van der Waals surface area contributed by atoms with Gasteiger partial charge >= 0.3 is 0 Å². The lowest BCUT2D eigenvalue weighted by Gasteiger charge is -2.07. The molecule has 2 N–H and O–H groups in total. The number of sulfonamides is 1. The molecule has 6 nitrogen and oxygen atoms in total. The Labute approximate surface area is 109 Å². The summed E-state index contributed by atoms with van der Waals surface area (Å²) in [6.45, 7) is -0.369. The van der Waals surface area contributed by atoms with Gasteiger partial charge in [0.1, 0.15) is 10.7 Å². The molecule has 0 bridgehead atoms. The molecule has 0 unspecified atom stereocenters. The second-order valence-electron chi connectivity index (χ2n) is 3.90. The highest BCUT2D eigenvalue weighted by Crippen LogP contribution is 2.19. The third-order valence-corrected chi connectivity index (χ3v) is 3.79. The fourth-order valence-electron chi connectivity index (χ4n) is 1.51. The molecule has 102 valence electrons. The lowest BCUT2D eigenvalue weighted by atomic mass is 10.2. The van der Waals surface area contributed by atoms with Crippen molar-refractivity contribution in [2.75, 3.05) is 4.72 Å². The summed E-state index contributed by atoms with van der Waals surface area (Å²) in [6, 6.07) is 4.85. The lowest BCUT2D eigenvalue weighted by molar-refractivity contribution is 0.281. The largest absolute Gasteiger partial charge is 0.392 e. The second-order valence-corrected chi connectivity index (χ2v) is 5.55. The number of nitrogens with one attached hydrogen (secondary N) is 1. The maximum absolute atomic E-state index is 13.6. The predicted molar refractivity (Wildman–Crippen MR) is 66.3 cm³/mol. The normalized spacial score (nSPS) is 11.5. The van der Waals surface area contributed by atoms with Crippen LogP contribution < -0.4 is 4.72 Å². The number of hydrogen-bond donors (Lipinski definition) is 2. The van der Waals surface area contributed by atoms with Crippen LogP contribution in [0.5, 0.6) is 0 Å². The minimum absolute atomic E-state index is 0.0938. The molecule has 0 aliphatic carbocycles. The molecule has 0 saturated heterocycles. The van der Waals surface area contributed by atoms with E-state index in [2.05, 4.69) is 9.82 Å². The summed E-state index contributed by atoms with van der Waals surface area (Å²) in [4.78, 5) is -0.523. The van der Waals surface area contributed by atoms with Crippen LogP contribution in [-0.2, 0) is 23.7 Å². The van der Waals surface area contributed by atoms with Crippen LogP contribution in [0.4, 0.5) is 10.2 Å². The van der Waals surface area contributed by atoms with E-state index in [9.17, 15) is 12.8 Å². The van der Waals surface area contributed by atoms with Gasteiger partial charge in [-0.15, -0.1) is 0 Å². The third-order valence-electron chi connectivity index (χ3n) is 2.42. The molecule has 0 fully saturated rings. The number of hydrogen-bond acceptors (Lipinski definition) is 4. The van der Waals surface area contributed by atoms with Gasteiger partial charge in [0, 0.05) is 19.3 Å². The zero-order chi connectivity index (χ0) is 14.0. The zero-order valence-electron chi connectivity index (χ0n) is 10.0. The topological polar surface area (TPSA) is 84.2 Å². The van der Waals surface area contributed by atoms with Crippen LogP contribution in [0.2, 0.25) is 0 Å². The number of benzene rings is 1. The summed E-state index contributed by atoms with van der Waals surface area (Å²) in [7, 11) is -2.45. The van der Waals surface area contributed by atoms with E-state index in [4.69, 9.17) is 5.11 Å². The first-order chi connectivity index (χ1) is 8.92. The fourth-order valence-corrected chi connectivity index (χ4v) is 2.64. The molecule has 19 heavy (non-hydrogen) atoms. The summed E-state index contributed by atoms with van der Waals surface area (Å²) in [6.07, 6.45) is 1.55. The minimum atomic E-state index is -4.08. The summed E-state index contributed by atoms with van der Waals surface area (Å²) in [5.41, 5.74) is 0.308. The molecule has 8 heteroatoms. The van der Waals surface area contributed by atoms with E-state index in [1.54, 1.807) is 13.2 Å². The number of rotatable bonds is 4. The van der Waals surface area contributed by atoms with E-state index in [0.717, 1.165) is 12.1 Å². The van der Waals surface area contributed by atoms with Crippen LogP contribution in [0.25, 0.3) is 0 Å². The molecule has 0 saturated carbocycles. The standard InChI is InChI=1S/C11H12FN3O3S/c1-15-5-4-11(13-15)14-19(17,18)10-6-8(7-16)2-3-9(10)12/h2-6,16H,7H2,1H3,(H,13,14). The maximum atomic E-state index is 13.6. The zero-order valence-corrected chi connectivity index (χ0v) is 10.9. The average Bonchev–Trinajstić information content (AvgIpc) is 2.74. The molecule has 0 aliphatic rings. The Balaban J connectivity index is 2.39. The van der Waals surface area contributed by atoms with E-state index in [1.807, 2.05) is 0 Å². The fraction of sp³-hybridized carbons (Fsp3) is 0.182. The number of aliphatic hydroxyl groups excluding tert-OH is 1. The second kappa shape index (κ2) is 4.98. The number of aromatic nitrogens is 2. The van der Waals surface area contributed by atoms with E-state index in [1.165, 1.54) is 16.8 Å². The molecule has 0 spiro atoms. The Morgan fingerprint density at radius 3 is 2.74 bits per heavy atom. The smallest absolute Gasteiger partial charge is 0.266 e. The van der Waals surface area contributed by atoms with Gasteiger partial charge in [-0.3, -0.25) is 9.40 Å². The van der Waals surface area contributed by atoms with Crippen molar-refractivity contribution in [2.24, 2.45) is 7.05 Å². The van der Waals surface area contributed by atoms with Crippen LogP contribution >= 0.6 is 0 Å². The van der Waals surface area contributed by atoms with Crippen molar-refractivity contribution >= 4 is 15.8 Å². The first-order valence-corrected chi connectivity index (χ1v) is 6.82. The van der Waals surface area contributed by atoms with Crippen molar-refractivity contribution in [1.82, 2.24) is 9.78 Å². The molecule has 2 rings (SSSR count). The van der Waals surface area contributed by atoms with E-state index in [-0.39, 0.29) is 12.4 Å². The Hall–Kier alpha value is -1.93. The van der Waals surface area contributed by atoms with Crippen LogP contribution in [0, 0.1) is 5.82 Å². The molecular weight excluding hydrogens is 273 g/mol. The molecule has 1 aromatic heterocycles. The number of nitrogens with zero attached hydrogens (tertiary/aromatic N) is 2. The summed E-state index contributed by atoms with van der Waals surface area (Å²) in [5, 5.41) is 12.8. The molecule has 0 aliphatic heterocycles. The molecule has 2 aromatic rings. The number of anilines is 1. The molecule has 1 aromatic carbocycles. The first-order valence-electron chi connectivity index (χ1n) is 5.34. The Morgan fingerprint density at radius 1 is 1.42 bits per heavy atom. The van der Waals surface area contributed by atoms with Crippen molar-refractivity contribution in [3.8, 4) is 0 Å². The lowest BCUT2D eigenvalue weighted by Crippen LogP contribution is -2.15. The summed E-state index contributed by atoms with van der Waals surface area (Å²) >= 11 is 0. The van der Waals surface area contributed by atoms with E-state index >= 15 is 0 Å². The Kier molecular flexibility index (Phi) is 3.54. The van der Waals surface area contributed by atoms with Crippen LogP contribution in [0.15, 0.2) is 35.4 Å². The van der Waals surface area contributed by atoms with Gasteiger partial charge in [0.2, 0.25) is 0 Å². The Bertz CT molecular complexity index is 697. The molecule has 0 radical (unpaired) electrons. The van der Waals surface area contributed by atoms with Gasteiger partial charge in [0.15, 0.2) is 5.82 Å². The van der Waals surface area contributed by atoms with Gasteiger partial charge in [-0.25, -0.2) is 12.8 Å². The minimum Gasteiger partial charge on any atom is -0.392 e. The van der Waals surface area contributed by atoms with Gasteiger partial charge in [-0.1, -0.05) is 6.07 Å². The van der Waals surface area contributed by atoms with Crippen molar-refractivity contribution in [2.45, 2.75) is 11.5 Å². The quantitative estimate of drug-likeness (QED) is 0.872. The van der Waals surface area contributed by atoms with Crippen molar-refractivity contribution in [3.63, 3.8) is 0 Å². The van der Waals surface area contributed by atoms with Crippen LogP contribution in [0.3, 0.4) is 0 Å². The SMILES string of the molecule is Cn1ccc(NS(=O)(=O)c2cc(CO)ccc2F)n1. The summed E-state index contributed by atoms with van der Waals surface area (Å²) < 4.78 is 41.2. The first kappa shape index (κ1) is 13.5. The maximum Gasteiger partial charge on any atom is 0.266 e. The van der Waals surface area contributed by atoms with Gasteiger partial charge in [-0.2, -0.15) is 5.10 Å². The highest BCUT2D eigenvalue weighted by molar-refractivity contribution is 7.92. The number of aryl methyl sites for hydroxylation is 1. The van der Waals surface area contributed by atoms with Gasteiger partial charge in [-0.05, 0) is 17.7 Å². The predicted octanol–water partition coefficient (Wildman–Crippen LogP) is 0.852. The van der Waals surface area contributed by atoms with E-state index < -0.39 is 20.7 Å². The van der Waals surface area contributed by atoms with E-state index in [0.29, 0.717) is 5.56 Å². The monoisotopic (exact) mass is 285 g/mol. The van der Waals surface area contributed by atoms with Crippen molar-refractivity contribution in [3.05, 3.63) is 41.8 Å².